The normalized spacial score (nSPS) is 10.6. The lowest BCUT2D eigenvalue weighted by atomic mass is 10.1. The van der Waals surface area contributed by atoms with Crippen LogP contribution in [0.2, 0.25) is 10.0 Å². The molecule has 0 aliphatic rings. The number of pyridine rings is 1. The van der Waals surface area contributed by atoms with Crippen molar-refractivity contribution >= 4 is 34.9 Å². The Bertz CT molecular complexity index is 722. The van der Waals surface area contributed by atoms with E-state index in [-0.39, 0.29) is 27.0 Å². The van der Waals surface area contributed by atoms with Gasteiger partial charge in [-0.05, 0) is 18.2 Å². The summed E-state index contributed by atoms with van der Waals surface area (Å²) in [7, 11) is 0. The van der Waals surface area contributed by atoms with Crippen molar-refractivity contribution < 1.29 is 19.4 Å². The number of halogens is 3. The van der Waals surface area contributed by atoms with Crippen LogP contribution in [0, 0.1) is 5.82 Å². The van der Waals surface area contributed by atoms with Gasteiger partial charge in [0, 0.05) is 5.56 Å². The maximum atomic E-state index is 13.9. The summed E-state index contributed by atoms with van der Waals surface area (Å²) < 4.78 is 13.9. The smallest absolute Gasteiger partial charge is 0.356 e. The summed E-state index contributed by atoms with van der Waals surface area (Å²) in [5.41, 5.74) is 4.78. The van der Waals surface area contributed by atoms with Gasteiger partial charge in [0.25, 0.3) is 0 Å². The predicted molar refractivity (Wildman–Crippen MR) is 72.7 cm³/mol. The maximum Gasteiger partial charge on any atom is 0.356 e. The Labute approximate surface area is 122 Å². The minimum Gasteiger partial charge on any atom is -0.504 e. The third kappa shape index (κ3) is 2.35. The van der Waals surface area contributed by atoms with Crippen molar-refractivity contribution in [3.05, 3.63) is 39.8 Å². The highest BCUT2D eigenvalue weighted by Crippen LogP contribution is 2.35. The number of anilines is 1. The number of nitrogens with two attached hydrogens (primary N) is 1. The fraction of sp³-hybridized carbons (Fsp3) is 0. The first-order valence-corrected chi connectivity index (χ1v) is 5.95. The topological polar surface area (TPSA) is 96.4 Å². The fourth-order valence-corrected chi connectivity index (χ4v) is 1.89. The molecule has 4 N–H and O–H groups in total. The third-order valence-electron chi connectivity index (χ3n) is 2.53. The summed E-state index contributed by atoms with van der Waals surface area (Å²) in [6, 6.07) is 3.71. The lowest BCUT2D eigenvalue weighted by Gasteiger charge is -2.09. The van der Waals surface area contributed by atoms with E-state index in [2.05, 4.69) is 4.98 Å². The van der Waals surface area contributed by atoms with E-state index < -0.39 is 23.2 Å². The monoisotopic (exact) mass is 316 g/mol. The van der Waals surface area contributed by atoms with Gasteiger partial charge in [-0.2, -0.15) is 0 Å². The molecule has 0 atom stereocenters. The Morgan fingerprint density at radius 3 is 2.60 bits per heavy atom. The molecule has 2 aromatic rings. The number of hydrogen-bond donors (Lipinski definition) is 3. The van der Waals surface area contributed by atoms with Gasteiger partial charge < -0.3 is 15.9 Å². The number of carboxylic acid groups (broad SMARTS) is 1. The van der Waals surface area contributed by atoms with Gasteiger partial charge in [0.05, 0.1) is 21.4 Å². The van der Waals surface area contributed by atoms with Gasteiger partial charge in [-0.25, -0.2) is 14.2 Å². The van der Waals surface area contributed by atoms with Crippen molar-refractivity contribution in [2.75, 3.05) is 5.73 Å². The Morgan fingerprint density at radius 1 is 1.35 bits per heavy atom. The zero-order valence-corrected chi connectivity index (χ0v) is 11.2. The molecule has 0 spiro atoms. The highest BCUT2D eigenvalue weighted by atomic mass is 35.5. The van der Waals surface area contributed by atoms with Gasteiger partial charge in [0.1, 0.15) is 0 Å². The number of phenolic OH excluding ortho intramolecular Hbond substituents is 1. The van der Waals surface area contributed by atoms with E-state index in [9.17, 15) is 14.3 Å². The highest BCUT2D eigenvalue weighted by Gasteiger charge is 2.19. The summed E-state index contributed by atoms with van der Waals surface area (Å²) in [5, 5.41) is 18.0. The standard InChI is InChI=1S/C12H7Cl2FN2O3/c13-5-2-1-4(9(15)11(5)18)7-3-6(16)8(14)10(17-7)12(19)20/h1-3,18H,(H2,16,17)(H,19,20). The molecular formula is C12H7Cl2FN2O3. The summed E-state index contributed by atoms with van der Waals surface area (Å²) >= 11 is 11.3. The van der Waals surface area contributed by atoms with Gasteiger partial charge in [-0.15, -0.1) is 0 Å². The molecule has 5 nitrogen and oxygen atoms in total. The number of aromatic carboxylic acids is 1. The quantitative estimate of drug-likeness (QED) is 0.790. The maximum absolute atomic E-state index is 13.9. The molecular weight excluding hydrogens is 310 g/mol. The highest BCUT2D eigenvalue weighted by molar-refractivity contribution is 6.35. The molecule has 2 rings (SSSR count). The van der Waals surface area contributed by atoms with Gasteiger partial charge in [-0.3, -0.25) is 0 Å². The Balaban J connectivity index is 2.71. The first kappa shape index (κ1) is 14.4. The van der Waals surface area contributed by atoms with Crippen LogP contribution in [-0.4, -0.2) is 21.2 Å². The number of benzene rings is 1. The van der Waals surface area contributed by atoms with Crippen molar-refractivity contribution in [3.8, 4) is 17.0 Å². The SMILES string of the molecule is Nc1cc(-c2ccc(Cl)c(O)c2F)nc(C(=O)O)c1Cl. The second kappa shape index (κ2) is 5.15. The molecule has 0 fully saturated rings. The lowest BCUT2D eigenvalue weighted by Crippen LogP contribution is -2.05. The third-order valence-corrected chi connectivity index (χ3v) is 3.23. The molecule has 8 heteroatoms. The van der Waals surface area contributed by atoms with Crippen molar-refractivity contribution in [3.63, 3.8) is 0 Å². The van der Waals surface area contributed by atoms with E-state index in [0.717, 1.165) is 0 Å². The zero-order chi connectivity index (χ0) is 15.0. The van der Waals surface area contributed by atoms with Crippen molar-refractivity contribution in [1.82, 2.24) is 4.98 Å². The molecule has 104 valence electrons. The number of carbonyl (C=O) groups is 1. The Morgan fingerprint density at radius 2 is 2.00 bits per heavy atom. The average molecular weight is 317 g/mol. The Hall–Kier alpha value is -2.05. The molecule has 0 unspecified atom stereocenters. The molecule has 1 aromatic heterocycles. The number of hydrogen-bond acceptors (Lipinski definition) is 4. The van der Waals surface area contributed by atoms with Crippen LogP contribution in [-0.2, 0) is 0 Å². The van der Waals surface area contributed by atoms with Crippen LogP contribution in [0.3, 0.4) is 0 Å². The number of rotatable bonds is 2. The number of aromatic hydroxyl groups is 1. The number of nitrogens with zero attached hydrogens (tertiary/aromatic N) is 1. The molecule has 0 saturated heterocycles. The van der Waals surface area contributed by atoms with E-state index >= 15 is 0 Å². The van der Waals surface area contributed by atoms with Crippen molar-refractivity contribution in [2.45, 2.75) is 0 Å². The van der Waals surface area contributed by atoms with Gasteiger partial charge >= 0.3 is 5.97 Å². The van der Waals surface area contributed by atoms with Crippen molar-refractivity contribution in [1.29, 1.82) is 0 Å². The number of nitrogen functional groups attached to an aromatic ring is 1. The minimum atomic E-state index is -1.40. The van der Waals surface area contributed by atoms with Crippen LogP contribution in [0.4, 0.5) is 10.1 Å². The molecule has 0 amide bonds. The number of phenols is 1. The lowest BCUT2D eigenvalue weighted by molar-refractivity contribution is 0.0691. The first-order valence-electron chi connectivity index (χ1n) is 5.19. The summed E-state index contributed by atoms with van der Waals surface area (Å²) in [6.45, 7) is 0. The molecule has 0 radical (unpaired) electrons. The number of carboxylic acids is 1. The Kier molecular flexibility index (Phi) is 3.69. The zero-order valence-electron chi connectivity index (χ0n) is 9.69. The van der Waals surface area contributed by atoms with E-state index in [4.69, 9.17) is 34.0 Å². The van der Waals surface area contributed by atoms with Crippen LogP contribution < -0.4 is 5.73 Å². The van der Waals surface area contributed by atoms with Crippen LogP contribution in [0.1, 0.15) is 10.5 Å². The van der Waals surface area contributed by atoms with E-state index in [1.807, 2.05) is 0 Å². The molecule has 1 aromatic carbocycles. The second-order valence-electron chi connectivity index (χ2n) is 3.82. The van der Waals surface area contributed by atoms with Crippen LogP contribution >= 0.6 is 23.2 Å². The second-order valence-corrected chi connectivity index (χ2v) is 4.61. The first-order chi connectivity index (χ1) is 9.32. The summed E-state index contributed by atoms with van der Waals surface area (Å²) in [4.78, 5) is 14.7. The van der Waals surface area contributed by atoms with Crippen LogP contribution in [0.25, 0.3) is 11.3 Å². The molecule has 0 saturated carbocycles. The van der Waals surface area contributed by atoms with E-state index in [1.165, 1.54) is 18.2 Å². The van der Waals surface area contributed by atoms with Gasteiger partial charge in [0.2, 0.25) is 0 Å². The predicted octanol–water partition coefficient (Wildman–Crippen LogP) is 3.18. The molecule has 0 aliphatic heterocycles. The molecule has 20 heavy (non-hydrogen) atoms. The number of aromatic nitrogens is 1. The summed E-state index contributed by atoms with van der Waals surface area (Å²) in [6.07, 6.45) is 0. The van der Waals surface area contributed by atoms with Gasteiger partial charge in [-0.1, -0.05) is 23.2 Å². The van der Waals surface area contributed by atoms with E-state index in [0.29, 0.717) is 0 Å². The van der Waals surface area contributed by atoms with Gasteiger partial charge in [0.15, 0.2) is 17.3 Å². The average Bonchev–Trinajstić information content (AvgIpc) is 2.39. The van der Waals surface area contributed by atoms with E-state index in [1.54, 1.807) is 0 Å². The minimum absolute atomic E-state index is 0.0668. The van der Waals surface area contributed by atoms with Crippen LogP contribution in [0.15, 0.2) is 18.2 Å². The summed E-state index contributed by atoms with van der Waals surface area (Å²) in [5.74, 6) is -3.18. The fourth-order valence-electron chi connectivity index (χ4n) is 1.57. The molecule has 0 aliphatic carbocycles. The molecule has 1 heterocycles. The molecule has 0 bridgehead atoms. The van der Waals surface area contributed by atoms with Crippen LogP contribution in [0.5, 0.6) is 5.75 Å². The van der Waals surface area contributed by atoms with Crippen molar-refractivity contribution in [2.24, 2.45) is 0 Å². The largest absolute Gasteiger partial charge is 0.504 e.